The first-order chi connectivity index (χ1) is 12.5. The fraction of sp³-hybridized carbons (Fsp3) is 0.227. The normalized spacial score (nSPS) is 10.7. The van der Waals surface area contributed by atoms with Crippen molar-refractivity contribution in [2.75, 3.05) is 7.11 Å². The molecule has 4 nitrogen and oxygen atoms in total. The van der Waals surface area contributed by atoms with Gasteiger partial charge in [0.2, 0.25) is 0 Å². The van der Waals surface area contributed by atoms with Crippen molar-refractivity contribution >= 4 is 5.91 Å². The number of aryl methyl sites for hydroxylation is 1. The third-order valence-electron chi connectivity index (χ3n) is 4.86. The number of primary amides is 1. The van der Waals surface area contributed by atoms with Gasteiger partial charge in [0.05, 0.1) is 18.4 Å². The van der Waals surface area contributed by atoms with Crippen LogP contribution < -0.4 is 10.5 Å². The van der Waals surface area contributed by atoms with Crippen molar-refractivity contribution in [3.63, 3.8) is 0 Å². The molecule has 134 valence electrons. The molecule has 26 heavy (non-hydrogen) atoms. The quantitative estimate of drug-likeness (QED) is 0.728. The number of para-hydroxylation sites is 1. The minimum Gasteiger partial charge on any atom is -0.496 e. The number of methoxy groups -OCH3 is 1. The van der Waals surface area contributed by atoms with E-state index < -0.39 is 0 Å². The zero-order valence-corrected chi connectivity index (χ0v) is 15.5. The maximum atomic E-state index is 12.0. The van der Waals surface area contributed by atoms with Gasteiger partial charge in [0.1, 0.15) is 5.75 Å². The molecule has 0 fully saturated rings. The standard InChI is InChI=1S/C22H24N2O2/c1-15-20(22(23)25)16(2)24(21(15)18-10-5-4-6-11-18)14-13-17-9-7-8-12-19(17)26-3/h4-12H,13-14H2,1-3H3,(H2,23,25). The molecule has 0 atom stereocenters. The number of benzene rings is 2. The number of nitrogens with zero attached hydrogens (tertiary/aromatic N) is 1. The maximum absolute atomic E-state index is 12.0. The average molecular weight is 348 g/mol. The molecular formula is C22H24N2O2. The van der Waals surface area contributed by atoms with E-state index in [2.05, 4.69) is 22.8 Å². The summed E-state index contributed by atoms with van der Waals surface area (Å²) in [6.45, 7) is 4.67. The highest BCUT2D eigenvalue weighted by Crippen LogP contribution is 2.31. The van der Waals surface area contributed by atoms with Gasteiger partial charge < -0.3 is 15.0 Å². The highest BCUT2D eigenvalue weighted by Gasteiger charge is 2.21. The van der Waals surface area contributed by atoms with Gasteiger partial charge in [-0.15, -0.1) is 0 Å². The molecule has 0 spiro atoms. The number of aromatic nitrogens is 1. The predicted octanol–water partition coefficient (Wildman–Crippen LogP) is 4.12. The molecule has 0 unspecified atom stereocenters. The molecule has 4 heteroatoms. The first-order valence-corrected chi connectivity index (χ1v) is 8.71. The van der Waals surface area contributed by atoms with Gasteiger partial charge in [0, 0.05) is 12.2 Å². The van der Waals surface area contributed by atoms with Crippen molar-refractivity contribution in [3.05, 3.63) is 77.0 Å². The van der Waals surface area contributed by atoms with E-state index in [0.29, 0.717) is 5.56 Å². The SMILES string of the molecule is COc1ccccc1CCn1c(C)c(C(N)=O)c(C)c1-c1ccccc1. The van der Waals surface area contributed by atoms with Gasteiger partial charge in [0.25, 0.3) is 5.91 Å². The maximum Gasteiger partial charge on any atom is 0.250 e. The summed E-state index contributed by atoms with van der Waals surface area (Å²) in [5.74, 6) is 0.499. The molecule has 0 radical (unpaired) electrons. The second-order valence-electron chi connectivity index (χ2n) is 6.38. The molecule has 3 rings (SSSR count). The number of carbonyl (C=O) groups is 1. The van der Waals surface area contributed by atoms with Crippen LogP contribution in [0.4, 0.5) is 0 Å². The van der Waals surface area contributed by atoms with E-state index in [1.54, 1.807) is 7.11 Å². The fourth-order valence-electron chi connectivity index (χ4n) is 3.65. The summed E-state index contributed by atoms with van der Waals surface area (Å²) in [5.41, 5.74) is 11.4. The Kier molecular flexibility index (Phi) is 5.12. The highest BCUT2D eigenvalue weighted by molar-refractivity contribution is 5.97. The van der Waals surface area contributed by atoms with Crippen LogP contribution in [0.15, 0.2) is 54.6 Å². The predicted molar refractivity (Wildman–Crippen MR) is 105 cm³/mol. The minimum atomic E-state index is -0.381. The van der Waals surface area contributed by atoms with Crippen LogP contribution in [-0.4, -0.2) is 17.6 Å². The van der Waals surface area contributed by atoms with E-state index in [1.165, 1.54) is 0 Å². The molecule has 1 amide bonds. The lowest BCUT2D eigenvalue weighted by Crippen LogP contribution is -2.14. The summed E-state index contributed by atoms with van der Waals surface area (Å²) in [5, 5.41) is 0. The van der Waals surface area contributed by atoms with Gasteiger partial charge in [-0.3, -0.25) is 4.79 Å². The highest BCUT2D eigenvalue weighted by atomic mass is 16.5. The summed E-state index contributed by atoms with van der Waals surface area (Å²) >= 11 is 0. The van der Waals surface area contributed by atoms with Crippen LogP contribution in [0.5, 0.6) is 5.75 Å². The van der Waals surface area contributed by atoms with Crippen molar-refractivity contribution < 1.29 is 9.53 Å². The van der Waals surface area contributed by atoms with Crippen LogP contribution in [0.3, 0.4) is 0 Å². The minimum absolute atomic E-state index is 0.381. The van der Waals surface area contributed by atoms with E-state index in [1.807, 2.05) is 50.2 Å². The zero-order chi connectivity index (χ0) is 18.7. The summed E-state index contributed by atoms with van der Waals surface area (Å²) < 4.78 is 7.65. The number of hydrogen-bond acceptors (Lipinski definition) is 2. The van der Waals surface area contributed by atoms with Crippen molar-refractivity contribution in [3.8, 4) is 17.0 Å². The Balaban J connectivity index is 2.05. The number of ether oxygens (including phenoxy) is 1. The van der Waals surface area contributed by atoms with Crippen molar-refractivity contribution in [2.45, 2.75) is 26.8 Å². The second kappa shape index (κ2) is 7.48. The molecule has 0 saturated carbocycles. The van der Waals surface area contributed by atoms with Crippen LogP contribution >= 0.6 is 0 Å². The summed E-state index contributed by atoms with van der Waals surface area (Å²) in [6.07, 6.45) is 0.803. The van der Waals surface area contributed by atoms with Gasteiger partial charge in [-0.05, 0) is 43.0 Å². The molecular weight excluding hydrogens is 324 g/mol. The van der Waals surface area contributed by atoms with Crippen molar-refractivity contribution in [1.82, 2.24) is 4.57 Å². The zero-order valence-electron chi connectivity index (χ0n) is 15.5. The molecule has 1 heterocycles. The van der Waals surface area contributed by atoms with Crippen LogP contribution in [0.1, 0.15) is 27.2 Å². The number of amides is 1. The molecule has 0 aliphatic heterocycles. The average Bonchev–Trinajstić information content (AvgIpc) is 2.90. The largest absolute Gasteiger partial charge is 0.496 e. The number of nitrogens with two attached hydrogens (primary N) is 1. The third-order valence-corrected chi connectivity index (χ3v) is 4.86. The smallest absolute Gasteiger partial charge is 0.250 e. The van der Waals surface area contributed by atoms with Gasteiger partial charge in [-0.1, -0.05) is 48.5 Å². The monoisotopic (exact) mass is 348 g/mol. The molecule has 3 aromatic rings. The molecule has 0 saturated heterocycles. The summed E-state index contributed by atoms with van der Waals surface area (Å²) in [7, 11) is 1.69. The Morgan fingerprint density at radius 1 is 1.04 bits per heavy atom. The van der Waals surface area contributed by atoms with E-state index in [0.717, 1.165) is 46.8 Å². The Bertz CT molecular complexity index is 927. The van der Waals surface area contributed by atoms with Crippen LogP contribution in [0, 0.1) is 13.8 Å². The van der Waals surface area contributed by atoms with Gasteiger partial charge in [0.15, 0.2) is 0 Å². The number of hydrogen-bond donors (Lipinski definition) is 1. The van der Waals surface area contributed by atoms with Gasteiger partial charge >= 0.3 is 0 Å². The van der Waals surface area contributed by atoms with E-state index in [4.69, 9.17) is 10.5 Å². The second-order valence-corrected chi connectivity index (χ2v) is 6.38. The number of carbonyl (C=O) groups excluding carboxylic acids is 1. The molecule has 2 aromatic carbocycles. The fourth-order valence-corrected chi connectivity index (χ4v) is 3.65. The van der Waals surface area contributed by atoms with Gasteiger partial charge in [-0.2, -0.15) is 0 Å². The van der Waals surface area contributed by atoms with Crippen LogP contribution in [-0.2, 0) is 13.0 Å². The van der Waals surface area contributed by atoms with Crippen LogP contribution in [0.25, 0.3) is 11.3 Å². The Hall–Kier alpha value is -3.01. The Morgan fingerprint density at radius 2 is 1.69 bits per heavy atom. The molecule has 0 aliphatic rings. The van der Waals surface area contributed by atoms with Crippen LogP contribution in [0.2, 0.25) is 0 Å². The van der Waals surface area contributed by atoms with E-state index in [-0.39, 0.29) is 5.91 Å². The third kappa shape index (κ3) is 3.23. The lowest BCUT2D eigenvalue weighted by molar-refractivity contribution is 0.0999. The van der Waals surface area contributed by atoms with Crippen molar-refractivity contribution in [2.24, 2.45) is 5.73 Å². The molecule has 0 bridgehead atoms. The first kappa shape index (κ1) is 17.8. The Labute approximate surface area is 154 Å². The lowest BCUT2D eigenvalue weighted by Gasteiger charge is -2.14. The molecule has 1 aromatic heterocycles. The molecule has 0 aliphatic carbocycles. The first-order valence-electron chi connectivity index (χ1n) is 8.71. The summed E-state index contributed by atoms with van der Waals surface area (Å²) in [6, 6.07) is 18.1. The topological polar surface area (TPSA) is 57.2 Å². The van der Waals surface area contributed by atoms with E-state index in [9.17, 15) is 4.79 Å². The molecule has 2 N–H and O–H groups in total. The van der Waals surface area contributed by atoms with Crippen molar-refractivity contribution in [1.29, 1.82) is 0 Å². The summed E-state index contributed by atoms with van der Waals surface area (Å²) in [4.78, 5) is 12.0. The van der Waals surface area contributed by atoms with E-state index >= 15 is 0 Å². The number of rotatable bonds is 6. The lowest BCUT2D eigenvalue weighted by atomic mass is 10.0. The van der Waals surface area contributed by atoms with Gasteiger partial charge in [-0.25, -0.2) is 0 Å². The Morgan fingerprint density at radius 3 is 2.35 bits per heavy atom.